The highest BCUT2D eigenvalue weighted by atomic mass is 16.2. The zero-order chi connectivity index (χ0) is 13.3. The second kappa shape index (κ2) is 4.73. The van der Waals surface area contributed by atoms with Crippen molar-refractivity contribution < 1.29 is 4.79 Å². The second-order valence-corrected chi connectivity index (χ2v) is 6.12. The lowest BCUT2D eigenvalue weighted by molar-refractivity contribution is -0.130. The molecule has 3 heteroatoms. The Hall–Kier alpha value is -1.35. The molecule has 1 heterocycles. The number of rotatable bonds is 2. The first-order valence-corrected chi connectivity index (χ1v) is 6.46. The topological polar surface area (TPSA) is 32.3 Å². The van der Waals surface area contributed by atoms with Crippen LogP contribution in [0.5, 0.6) is 0 Å². The first kappa shape index (κ1) is 13.1. The molecule has 1 amide bonds. The molecule has 2 atom stereocenters. The quantitative estimate of drug-likeness (QED) is 0.866. The van der Waals surface area contributed by atoms with Crippen LogP contribution in [0.15, 0.2) is 30.3 Å². The van der Waals surface area contributed by atoms with Gasteiger partial charge in [-0.05, 0) is 11.0 Å². The third-order valence-corrected chi connectivity index (χ3v) is 3.56. The van der Waals surface area contributed by atoms with Crippen LogP contribution in [0.3, 0.4) is 0 Å². The molecule has 2 rings (SSSR count). The molecule has 0 unspecified atom stereocenters. The number of hydrogen-bond donors (Lipinski definition) is 1. The Bertz CT molecular complexity index is 422. The third kappa shape index (κ3) is 2.56. The summed E-state index contributed by atoms with van der Waals surface area (Å²) < 4.78 is 0. The standard InChI is InChI=1S/C15H22N2O/c1-15(2,3)13-14(18)17(4)12(16-13)10-11-8-6-5-7-9-11/h5-9,12-13,16H,10H2,1-4H3/t12-,13+/m1/s1. The number of likely N-dealkylation sites (N-methyl/N-ethyl adjacent to an activating group) is 1. The summed E-state index contributed by atoms with van der Waals surface area (Å²) in [6.07, 6.45) is 0.958. The van der Waals surface area contributed by atoms with Gasteiger partial charge >= 0.3 is 0 Å². The van der Waals surface area contributed by atoms with Crippen molar-refractivity contribution in [3.8, 4) is 0 Å². The molecule has 1 fully saturated rings. The summed E-state index contributed by atoms with van der Waals surface area (Å²) in [6.45, 7) is 6.30. The van der Waals surface area contributed by atoms with E-state index in [-0.39, 0.29) is 23.5 Å². The Kier molecular flexibility index (Phi) is 3.44. The Morgan fingerprint density at radius 3 is 2.33 bits per heavy atom. The van der Waals surface area contributed by atoms with E-state index in [9.17, 15) is 4.79 Å². The van der Waals surface area contributed by atoms with Crippen molar-refractivity contribution in [2.45, 2.75) is 39.4 Å². The van der Waals surface area contributed by atoms with Gasteiger partial charge < -0.3 is 4.90 Å². The normalized spacial score (nSPS) is 24.7. The molecular weight excluding hydrogens is 224 g/mol. The molecule has 0 saturated carbocycles. The molecule has 1 aliphatic heterocycles. The molecule has 1 aromatic rings. The molecule has 1 N–H and O–H groups in total. The van der Waals surface area contributed by atoms with Gasteiger partial charge in [0.1, 0.15) is 0 Å². The van der Waals surface area contributed by atoms with Crippen LogP contribution in [-0.4, -0.2) is 30.1 Å². The summed E-state index contributed by atoms with van der Waals surface area (Å²) in [7, 11) is 1.88. The van der Waals surface area contributed by atoms with Crippen molar-refractivity contribution in [3.05, 3.63) is 35.9 Å². The van der Waals surface area contributed by atoms with Gasteiger partial charge in [-0.2, -0.15) is 0 Å². The molecule has 0 spiro atoms. The van der Waals surface area contributed by atoms with Gasteiger partial charge in [-0.15, -0.1) is 0 Å². The van der Waals surface area contributed by atoms with Crippen LogP contribution in [0.1, 0.15) is 26.3 Å². The first-order valence-electron chi connectivity index (χ1n) is 6.46. The predicted molar refractivity (Wildman–Crippen MR) is 73.1 cm³/mol. The molecule has 0 aliphatic carbocycles. The maximum absolute atomic E-state index is 12.2. The number of hydrogen-bond acceptors (Lipinski definition) is 2. The van der Waals surface area contributed by atoms with Crippen molar-refractivity contribution >= 4 is 5.91 Å². The highest BCUT2D eigenvalue weighted by Crippen LogP contribution is 2.26. The fourth-order valence-corrected chi connectivity index (χ4v) is 2.39. The Balaban J connectivity index is 2.10. The number of nitrogens with one attached hydrogen (secondary N) is 1. The molecule has 0 bridgehead atoms. The van der Waals surface area contributed by atoms with Crippen molar-refractivity contribution in [1.29, 1.82) is 0 Å². The summed E-state index contributed by atoms with van der Waals surface area (Å²) in [5.74, 6) is 0.198. The zero-order valence-electron chi connectivity index (χ0n) is 11.6. The Morgan fingerprint density at radius 1 is 1.22 bits per heavy atom. The average molecular weight is 246 g/mol. The van der Waals surface area contributed by atoms with Crippen LogP contribution < -0.4 is 5.32 Å². The molecule has 1 saturated heterocycles. The fraction of sp³-hybridized carbons (Fsp3) is 0.533. The first-order chi connectivity index (χ1) is 8.39. The maximum Gasteiger partial charge on any atom is 0.241 e. The van der Waals surface area contributed by atoms with E-state index in [0.717, 1.165) is 6.42 Å². The van der Waals surface area contributed by atoms with E-state index in [0.29, 0.717) is 0 Å². The van der Waals surface area contributed by atoms with Gasteiger partial charge in [-0.25, -0.2) is 0 Å². The molecule has 1 aliphatic rings. The Morgan fingerprint density at radius 2 is 1.83 bits per heavy atom. The van der Waals surface area contributed by atoms with E-state index >= 15 is 0 Å². The lowest BCUT2D eigenvalue weighted by Gasteiger charge is -2.24. The van der Waals surface area contributed by atoms with Crippen molar-refractivity contribution in [2.75, 3.05) is 7.05 Å². The monoisotopic (exact) mass is 246 g/mol. The van der Waals surface area contributed by atoms with Crippen LogP contribution in [-0.2, 0) is 11.2 Å². The van der Waals surface area contributed by atoms with Crippen LogP contribution >= 0.6 is 0 Å². The summed E-state index contributed by atoms with van der Waals surface area (Å²) in [5.41, 5.74) is 1.21. The minimum absolute atomic E-state index is 0.0449. The summed E-state index contributed by atoms with van der Waals surface area (Å²) >= 11 is 0. The highest BCUT2D eigenvalue weighted by Gasteiger charge is 2.42. The van der Waals surface area contributed by atoms with Crippen LogP contribution in [0.4, 0.5) is 0 Å². The van der Waals surface area contributed by atoms with Crippen LogP contribution in [0.25, 0.3) is 0 Å². The second-order valence-electron chi connectivity index (χ2n) is 6.12. The van der Waals surface area contributed by atoms with Crippen molar-refractivity contribution in [3.63, 3.8) is 0 Å². The molecule has 0 aromatic heterocycles. The van der Waals surface area contributed by atoms with E-state index in [4.69, 9.17) is 0 Å². The number of carbonyl (C=O) groups is 1. The van der Waals surface area contributed by atoms with E-state index in [1.807, 2.05) is 30.1 Å². The fourth-order valence-electron chi connectivity index (χ4n) is 2.39. The highest BCUT2D eigenvalue weighted by molar-refractivity contribution is 5.84. The zero-order valence-corrected chi connectivity index (χ0v) is 11.6. The third-order valence-electron chi connectivity index (χ3n) is 3.56. The summed E-state index contributed by atoms with van der Waals surface area (Å²) in [4.78, 5) is 14.1. The predicted octanol–water partition coefficient (Wildman–Crippen LogP) is 2.03. The minimum Gasteiger partial charge on any atom is -0.328 e. The van der Waals surface area contributed by atoms with Crippen molar-refractivity contribution in [1.82, 2.24) is 10.2 Å². The molecular formula is C15H22N2O. The lowest BCUT2D eigenvalue weighted by atomic mass is 9.87. The number of amides is 1. The van der Waals surface area contributed by atoms with E-state index in [1.54, 1.807) is 0 Å². The minimum atomic E-state index is -0.0868. The van der Waals surface area contributed by atoms with E-state index in [1.165, 1.54) is 5.56 Å². The largest absolute Gasteiger partial charge is 0.328 e. The van der Waals surface area contributed by atoms with Crippen LogP contribution in [0.2, 0.25) is 0 Å². The van der Waals surface area contributed by atoms with E-state index in [2.05, 4.69) is 38.2 Å². The van der Waals surface area contributed by atoms with Gasteiger partial charge in [-0.1, -0.05) is 51.1 Å². The van der Waals surface area contributed by atoms with E-state index < -0.39 is 0 Å². The molecule has 1 aromatic carbocycles. The number of carbonyl (C=O) groups excluding carboxylic acids is 1. The number of nitrogens with zero attached hydrogens (tertiary/aromatic N) is 1. The summed E-state index contributed by atoms with van der Waals surface area (Å²) in [6, 6.07) is 10.2. The van der Waals surface area contributed by atoms with Gasteiger partial charge in [0.25, 0.3) is 0 Å². The summed E-state index contributed by atoms with van der Waals surface area (Å²) in [5, 5.41) is 3.46. The smallest absolute Gasteiger partial charge is 0.241 e. The van der Waals surface area contributed by atoms with Gasteiger partial charge in [0.15, 0.2) is 0 Å². The average Bonchev–Trinajstić information content (AvgIpc) is 2.58. The van der Waals surface area contributed by atoms with Gasteiger partial charge in [0.05, 0.1) is 12.2 Å². The lowest BCUT2D eigenvalue weighted by Crippen LogP contribution is -2.42. The molecule has 3 nitrogen and oxygen atoms in total. The van der Waals surface area contributed by atoms with Gasteiger partial charge in [-0.3, -0.25) is 10.1 Å². The van der Waals surface area contributed by atoms with Crippen molar-refractivity contribution in [2.24, 2.45) is 5.41 Å². The van der Waals surface area contributed by atoms with Gasteiger partial charge in [0, 0.05) is 13.5 Å². The SMILES string of the molecule is CN1C(=O)[C@@H](C(C)(C)C)N[C@H]1Cc1ccccc1. The molecule has 0 radical (unpaired) electrons. The number of benzene rings is 1. The van der Waals surface area contributed by atoms with Crippen LogP contribution in [0, 0.1) is 5.41 Å². The molecule has 18 heavy (non-hydrogen) atoms. The molecule has 98 valence electrons. The maximum atomic E-state index is 12.2. The Labute approximate surface area is 109 Å². The van der Waals surface area contributed by atoms with Gasteiger partial charge in [0.2, 0.25) is 5.91 Å².